The standard InChI is InChI=1S/C23H25ClN2O4/c1-23(2)21(29)25(22(30)26(23)24)15-19(27)10-6-7-16-11-13-18(14-12-16)20(28)17-8-4-3-5-9-17/h3-5,8-9,11-14,19,27H,6-7,10,15H2,1-2H3. The number of nitrogens with zero attached hydrogens (tertiary/aromatic N) is 2. The number of amides is 3. The second kappa shape index (κ2) is 8.98. The van der Waals surface area contributed by atoms with Crippen molar-refractivity contribution in [3.05, 3.63) is 71.3 Å². The van der Waals surface area contributed by atoms with Gasteiger partial charge in [0.1, 0.15) is 5.54 Å². The van der Waals surface area contributed by atoms with Gasteiger partial charge in [-0.3, -0.25) is 14.5 Å². The molecule has 3 rings (SSSR count). The molecular weight excluding hydrogens is 404 g/mol. The smallest absolute Gasteiger partial charge is 0.342 e. The van der Waals surface area contributed by atoms with Gasteiger partial charge in [0, 0.05) is 22.9 Å². The Bertz CT molecular complexity index is 928. The normalized spacial score (nSPS) is 16.8. The van der Waals surface area contributed by atoms with Gasteiger partial charge in [0.15, 0.2) is 5.78 Å². The molecule has 1 unspecified atom stereocenters. The minimum Gasteiger partial charge on any atom is -0.391 e. The van der Waals surface area contributed by atoms with Gasteiger partial charge in [0.05, 0.1) is 12.6 Å². The number of urea groups is 1. The highest BCUT2D eigenvalue weighted by Crippen LogP contribution is 2.29. The SMILES string of the molecule is CC1(C)C(=O)N(CC(O)CCCc2ccc(C(=O)c3ccccc3)cc2)C(=O)N1Cl. The predicted molar refractivity (Wildman–Crippen MR) is 114 cm³/mol. The van der Waals surface area contributed by atoms with Gasteiger partial charge in [-0.25, -0.2) is 9.21 Å². The van der Waals surface area contributed by atoms with Crippen LogP contribution in [0.25, 0.3) is 0 Å². The van der Waals surface area contributed by atoms with Crippen molar-refractivity contribution in [3.8, 4) is 0 Å². The van der Waals surface area contributed by atoms with Crippen LogP contribution >= 0.6 is 11.8 Å². The fraction of sp³-hybridized carbons (Fsp3) is 0.348. The number of aliphatic hydroxyl groups excluding tert-OH is 1. The minimum atomic E-state index is -1.11. The Morgan fingerprint density at radius 3 is 2.20 bits per heavy atom. The summed E-state index contributed by atoms with van der Waals surface area (Å²) in [7, 11) is 0. The summed E-state index contributed by atoms with van der Waals surface area (Å²) < 4.78 is 0.875. The fourth-order valence-corrected chi connectivity index (χ4v) is 3.59. The van der Waals surface area contributed by atoms with E-state index < -0.39 is 23.6 Å². The zero-order valence-corrected chi connectivity index (χ0v) is 17.8. The van der Waals surface area contributed by atoms with Crippen LogP contribution < -0.4 is 0 Å². The Hall–Kier alpha value is -2.70. The fourth-order valence-electron chi connectivity index (χ4n) is 3.43. The van der Waals surface area contributed by atoms with Crippen molar-refractivity contribution in [2.24, 2.45) is 0 Å². The molecule has 2 aromatic carbocycles. The molecule has 1 N–H and O–H groups in total. The molecule has 1 heterocycles. The second-order valence-corrected chi connectivity index (χ2v) is 8.31. The van der Waals surface area contributed by atoms with Crippen molar-refractivity contribution in [1.29, 1.82) is 0 Å². The number of ketones is 1. The summed E-state index contributed by atoms with van der Waals surface area (Å²) >= 11 is 5.90. The maximum absolute atomic E-state index is 12.4. The molecule has 30 heavy (non-hydrogen) atoms. The molecule has 1 saturated heterocycles. The summed E-state index contributed by atoms with van der Waals surface area (Å²) in [5.74, 6) is -0.436. The average Bonchev–Trinajstić information content (AvgIpc) is 2.89. The summed E-state index contributed by atoms with van der Waals surface area (Å²) in [6.45, 7) is 3.06. The second-order valence-electron chi connectivity index (χ2n) is 7.98. The molecule has 0 aliphatic carbocycles. The number of hydrogen-bond donors (Lipinski definition) is 1. The highest BCUT2D eigenvalue weighted by atomic mass is 35.5. The van der Waals surface area contributed by atoms with Crippen LogP contribution in [0.1, 0.15) is 48.2 Å². The first-order chi connectivity index (χ1) is 14.2. The first-order valence-corrected chi connectivity index (χ1v) is 10.2. The number of aryl methyl sites for hydroxylation is 1. The predicted octanol–water partition coefficient (Wildman–Crippen LogP) is 3.80. The van der Waals surface area contributed by atoms with E-state index in [1.807, 2.05) is 30.3 Å². The lowest BCUT2D eigenvalue weighted by Gasteiger charge is -2.19. The first-order valence-electron chi connectivity index (χ1n) is 9.90. The quantitative estimate of drug-likeness (QED) is 0.394. The van der Waals surface area contributed by atoms with Crippen LogP contribution in [0.2, 0.25) is 0 Å². The summed E-state index contributed by atoms with van der Waals surface area (Å²) in [5, 5.41) is 10.3. The summed E-state index contributed by atoms with van der Waals surface area (Å²) in [6, 6.07) is 15.9. The van der Waals surface area contributed by atoms with E-state index in [1.165, 1.54) is 0 Å². The van der Waals surface area contributed by atoms with Crippen molar-refractivity contribution < 1.29 is 19.5 Å². The highest BCUT2D eigenvalue weighted by Gasteiger charge is 2.51. The van der Waals surface area contributed by atoms with E-state index in [-0.39, 0.29) is 12.3 Å². The van der Waals surface area contributed by atoms with Crippen LogP contribution in [0.4, 0.5) is 4.79 Å². The van der Waals surface area contributed by atoms with E-state index in [2.05, 4.69) is 0 Å². The van der Waals surface area contributed by atoms with E-state index in [4.69, 9.17) is 11.8 Å². The Morgan fingerprint density at radius 1 is 1.03 bits per heavy atom. The molecule has 1 atom stereocenters. The number of carbonyl (C=O) groups excluding carboxylic acids is 3. The van der Waals surface area contributed by atoms with E-state index in [0.717, 1.165) is 14.9 Å². The maximum Gasteiger partial charge on any atom is 0.342 e. The van der Waals surface area contributed by atoms with Gasteiger partial charge < -0.3 is 5.11 Å². The maximum atomic E-state index is 12.4. The van der Waals surface area contributed by atoms with E-state index in [1.54, 1.807) is 38.1 Å². The van der Waals surface area contributed by atoms with E-state index in [9.17, 15) is 19.5 Å². The van der Waals surface area contributed by atoms with Crippen molar-refractivity contribution >= 4 is 29.5 Å². The van der Waals surface area contributed by atoms with Gasteiger partial charge >= 0.3 is 6.03 Å². The van der Waals surface area contributed by atoms with Gasteiger partial charge in [-0.1, -0.05) is 54.6 Å². The van der Waals surface area contributed by atoms with Crippen LogP contribution in [0.15, 0.2) is 54.6 Å². The number of benzene rings is 2. The van der Waals surface area contributed by atoms with Crippen LogP contribution in [-0.4, -0.2) is 50.3 Å². The highest BCUT2D eigenvalue weighted by molar-refractivity contribution is 6.28. The number of β-amino-alcohol motifs (C(OH)–C–C–N with tert-alkyl or cyclic N) is 1. The third-order valence-corrected chi connectivity index (χ3v) is 5.87. The van der Waals surface area contributed by atoms with Gasteiger partial charge in [0.25, 0.3) is 5.91 Å². The Labute approximate surface area is 181 Å². The Kier molecular flexibility index (Phi) is 6.58. The molecule has 158 valence electrons. The van der Waals surface area contributed by atoms with Crippen LogP contribution in [0.3, 0.4) is 0 Å². The Balaban J connectivity index is 1.49. The van der Waals surface area contributed by atoms with Gasteiger partial charge in [-0.2, -0.15) is 0 Å². The molecule has 7 heteroatoms. The summed E-state index contributed by atoms with van der Waals surface area (Å²) in [6.07, 6.45) is 1.00. The lowest BCUT2D eigenvalue weighted by Crippen LogP contribution is -2.41. The molecule has 0 bridgehead atoms. The molecule has 1 fully saturated rings. The third-order valence-electron chi connectivity index (χ3n) is 5.31. The lowest BCUT2D eigenvalue weighted by molar-refractivity contribution is -0.132. The molecule has 0 radical (unpaired) electrons. The zero-order valence-electron chi connectivity index (χ0n) is 17.0. The molecule has 0 spiro atoms. The van der Waals surface area contributed by atoms with Crippen molar-refractivity contribution in [2.45, 2.75) is 44.8 Å². The molecule has 1 aliphatic rings. The van der Waals surface area contributed by atoms with Crippen LogP contribution in [0, 0.1) is 0 Å². The number of halogens is 1. The monoisotopic (exact) mass is 428 g/mol. The van der Waals surface area contributed by atoms with Gasteiger partial charge in [0.2, 0.25) is 0 Å². The van der Waals surface area contributed by atoms with Crippen molar-refractivity contribution in [3.63, 3.8) is 0 Å². The molecule has 2 aromatic rings. The third kappa shape index (κ3) is 4.55. The molecule has 0 aromatic heterocycles. The largest absolute Gasteiger partial charge is 0.391 e. The zero-order chi connectivity index (χ0) is 21.9. The number of imide groups is 1. The molecule has 1 aliphatic heterocycles. The minimum absolute atomic E-state index is 0.0196. The van der Waals surface area contributed by atoms with Crippen molar-refractivity contribution in [2.75, 3.05) is 6.54 Å². The number of hydrogen-bond acceptors (Lipinski definition) is 4. The van der Waals surface area contributed by atoms with Crippen LogP contribution in [0.5, 0.6) is 0 Å². The molecular formula is C23H25ClN2O4. The van der Waals surface area contributed by atoms with E-state index in [0.29, 0.717) is 30.4 Å². The van der Waals surface area contributed by atoms with Crippen molar-refractivity contribution in [1.82, 2.24) is 9.32 Å². The average molecular weight is 429 g/mol. The van der Waals surface area contributed by atoms with Gasteiger partial charge in [-0.15, -0.1) is 0 Å². The molecule has 0 saturated carbocycles. The van der Waals surface area contributed by atoms with Gasteiger partial charge in [-0.05, 0) is 38.7 Å². The summed E-state index contributed by atoms with van der Waals surface area (Å²) in [4.78, 5) is 37.9. The lowest BCUT2D eigenvalue weighted by atomic mass is 10.00. The number of rotatable bonds is 8. The Morgan fingerprint density at radius 2 is 1.63 bits per heavy atom. The topological polar surface area (TPSA) is 77.9 Å². The number of aliphatic hydroxyl groups is 1. The van der Waals surface area contributed by atoms with Crippen LogP contribution in [-0.2, 0) is 11.2 Å². The summed E-state index contributed by atoms with van der Waals surface area (Å²) in [5.41, 5.74) is 1.22. The molecule has 6 nitrogen and oxygen atoms in total. The molecule has 3 amide bonds. The number of carbonyl (C=O) groups is 3. The first kappa shape index (κ1) is 22.0. The van der Waals surface area contributed by atoms with E-state index >= 15 is 0 Å².